The van der Waals surface area contributed by atoms with Crippen LogP contribution in [-0.2, 0) is 0 Å². The molecule has 1 heteroatoms. The minimum atomic E-state index is 0.942. The Bertz CT molecular complexity index is 71.3. The van der Waals surface area contributed by atoms with Gasteiger partial charge in [-0.2, -0.15) is 0 Å². The molecule has 11 heavy (non-hydrogen) atoms. The van der Waals surface area contributed by atoms with Crippen LogP contribution in [0.1, 0.15) is 52.4 Å². The first-order valence-corrected chi connectivity index (χ1v) is 6.39. The molecule has 0 saturated carbocycles. The second kappa shape index (κ2) is 8.82. The minimum absolute atomic E-state index is 0.942. The molecule has 68 valence electrons. The summed E-state index contributed by atoms with van der Waals surface area (Å²) in [7, 11) is 0. The lowest BCUT2D eigenvalue weighted by Crippen LogP contribution is -1.94. The molecule has 0 spiro atoms. The molecule has 0 aromatic heterocycles. The summed E-state index contributed by atoms with van der Waals surface area (Å²) in [5, 5.41) is 0. The Morgan fingerprint density at radius 3 is 2.27 bits per heavy atom. The smallest absolute Gasteiger partial charge is 0.00210 e. The zero-order valence-electron chi connectivity index (χ0n) is 7.91. The van der Waals surface area contributed by atoms with Crippen molar-refractivity contribution in [1.82, 2.24) is 0 Å². The highest BCUT2D eigenvalue weighted by Crippen LogP contribution is 2.12. The standard InChI is InChI=1S/C10H21I/c1-3-4-5-6-7-8-10(2)9-11/h10H,3-9H2,1-2H3/t10-/m0/s1. The zero-order valence-corrected chi connectivity index (χ0v) is 10.1. The summed E-state index contributed by atoms with van der Waals surface area (Å²) in [6, 6.07) is 0. The van der Waals surface area contributed by atoms with Crippen LogP contribution in [0.15, 0.2) is 0 Å². The molecule has 0 fully saturated rings. The summed E-state index contributed by atoms with van der Waals surface area (Å²) in [6.45, 7) is 4.62. The van der Waals surface area contributed by atoms with Crippen LogP contribution in [0.4, 0.5) is 0 Å². The lowest BCUT2D eigenvalue weighted by atomic mass is 10.0. The Morgan fingerprint density at radius 1 is 1.09 bits per heavy atom. The van der Waals surface area contributed by atoms with Crippen molar-refractivity contribution in [2.24, 2.45) is 5.92 Å². The third kappa shape index (κ3) is 8.64. The maximum Gasteiger partial charge on any atom is 0.00210 e. The van der Waals surface area contributed by atoms with Gasteiger partial charge in [0, 0.05) is 4.43 Å². The van der Waals surface area contributed by atoms with E-state index in [0.29, 0.717) is 0 Å². The Morgan fingerprint density at radius 2 is 1.73 bits per heavy atom. The van der Waals surface area contributed by atoms with Crippen LogP contribution in [0.3, 0.4) is 0 Å². The van der Waals surface area contributed by atoms with Gasteiger partial charge >= 0.3 is 0 Å². The van der Waals surface area contributed by atoms with Gasteiger partial charge in [-0.1, -0.05) is 68.5 Å². The van der Waals surface area contributed by atoms with Gasteiger partial charge in [-0.15, -0.1) is 0 Å². The molecule has 0 nitrogen and oxygen atoms in total. The van der Waals surface area contributed by atoms with E-state index < -0.39 is 0 Å². The van der Waals surface area contributed by atoms with Crippen molar-refractivity contribution in [2.45, 2.75) is 52.4 Å². The predicted octanol–water partition coefficient (Wildman–Crippen LogP) is 4.42. The third-order valence-corrected chi connectivity index (χ3v) is 3.57. The quantitative estimate of drug-likeness (QED) is 0.364. The molecule has 0 N–H and O–H groups in total. The van der Waals surface area contributed by atoms with Crippen LogP contribution in [0.5, 0.6) is 0 Å². The molecular weight excluding hydrogens is 247 g/mol. The fourth-order valence-electron chi connectivity index (χ4n) is 1.17. The Balaban J connectivity index is 2.89. The summed E-state index contributed by atoms with van der Waals surface area (Å²) in [5.41, 5.74) is 0. The summed E-state index contributed by atoms with van der Waals surface area (Å²) in [5.74, 6) is 0.942. The molecule has 0 amide bonds. The van der Waals surface area contributed by atoms with Gasteiger partial charge in [-0.25, -0.2) is 0 Å². The minimum Gasteiger partial charge on any atom is -0.0861 e. The Hall–Kier alpha value is 0.730. The molecule has 0 rings (SSSR count). The van der Waals surface area contributed by atoms with Gasteiger partial charge in [0.15, 0.2) is 0 Å². The van der Waals surface area contributed by atoms with Crippen molar-refractivity contribution in [3.05, 3.63) is 0 Å². The predicted molar refractivity (Wildman–Crippen MR) is 61.4 cm³/mol. The topological polar surface area (TPSA) is 0 Å². The lowest BCUT2D eigenvalue weighted by Gasteiger charge is -2.05. The molecule has 0 aliphatic rings. The van der Waals surface area contributed by atoms with E-state index in [9.17, 15) is 0 Å². The van der Waals surface area contributed by atoms with Crippen molar-refractivity contribution in [3.8, 4) is 0 Å². The van der Waals surface area contributed by atoms with E-state index in [1.807, 2.05) is 0 Å². The molecule has 0 unspecified atom stereocenters. The number of halogens is 1. The average Bonchev–Trinajstić information content (AvgIpc) is 2.04. The highest BCUT2D eigenvalue weighted by molar-refractivity contribution is 14.1. The fourth-order valence-corrected chi connectivity index (χ4v) is 1.61. The van der Waals surface area contributed by atoms with E-state index >= 15 is 0 Å². The van der Waals surface area contributed by atoms with Crippen LogP contribution < -0.4 is 0 Å². The Kier molecular flexibility index (Phi) is 9.41. The molecule has 0 heterocycles. The molecule has 0 aromatic carbocycles. The van der Waals surface area contributed by atoms with E-state index in [2.05, 4.69) is 36.4 Å². The van der Waals surface area contributed by atoms with E-state index in [-0.39, 0.29) is 0 Å². The highest BCUT2D eigenvalue weighted by atomic mass is 127. The van der Waals surface area contributed by atoms with Gasteiger partial charge in [0.2, 0.25) is 0 Å². The van der Waals surface area contributed by atoms with Crippen LogP contribution >= 0.6 is 22.6 Å². The van der Waals surface area contributed by atoms with Gasteiger partial charge in [0.05, 0.1) is 0 Å². The average molecular weight is 268 g/mol. The van der Waals surface area contributed by atoms with E-state index in [1.54, 1.807) is 0 Å². The first kappa shape index (κ1) is 11.7. The second-order valence-corrected chi connectivity index (χ2v) is 4.34. The van der Waals surface area contributed by atoms with Gasteiger partial charge < -0.3 is 0 Å². The summed E-state index contributed by atoms with van der Waals surface area (Å²) < 4.78 is 1.32. The van der Waals surface area contributed by atoms with Gasteiger partial charge in [0.1, 0.15) is 0 Å². The number of unbranched alkanes of at least 4 members (excludes halogenated alkanes) is 4. The fraction of sp³-hybridized carbons (Fsp3) is 1.00. The molecule has 0 saturated heterocycles. The van der Waals surface area contributed by atoms with E-state index in [1.165, 1.54) is 43.0 Å². The van der Waals surface area contributed by atoms with Crippen molar-refractivity contribution in [1.29, 1.82) is 0 Å². The molecular formula is C10H21I. The summed E-state index contributed by atoms with van der Waals surface area (Å²) >= 11 is 2.48. The zero-order chi connectivity index (χ0) is 8.53. The third-order valence-electron chi connectivity index (χ3n) is 2.06. The molecule has 0 aliphatic carbocycles. The molecule has 0 radical (unpaired) electrons. The number of alkyl halides is 1. The van der Waals surface area contributed by atoms with E-state index in [4.69, 9.17) is 0 Å². The maximum atomic E-state index is 2.48. The molecule has 1 atom stereocenters. The maximum absolute atomic E-state index is 2.48. The second-order valence-electron chi connectivity index (χ2n) is 3.46. The van der Waals surface area contributed by atoms with Crippen LogP contribution in [0.2, 0.25) is 0 Å². The summed E-state index contributed by atoms with van der Waals surface area (Å²) in [6.07, 6.45) is 8.58. The molecule has 0 aliphatic heterocycles. The van der Waals surface area contributed by atoms with Crippen molar-refractivity contribution in [2.75, 3.05) is 4.43 Å². The molecule has 0 aromatic rings. The largest absolute Gasteiger partial charge is 0.0861 e. The lowest BCUT2D eigenvalue weighted by molar-refractivity contribution is 0.528. The van der Waals surface area contributed by atoms with Gasteiger partial charge in [-0.05, 0) is 12.3 Å². The van der Waals surface area contributed by atoms with Crippen molar-refractivity contribution >= 4 is 22.6 Å². The monoisotopic (exact) mass is 268 g/mol. The van der Waals surface area contributed by atoms with E-state index in [0.717, 1.165) is 5.92 Å². The SMILES string of the molecule is CCCCCCC[C@H](C)CI. The van der Waals surface area contributed by atoms with Crippen LogP contribution in [0, 0.1) is 5.92 Å². The van der Waals surface area contributed by atoms with Crippen LogP contribution in [-0.4, -0.2) is 4.43 Å². The first-order valence-electron chi connectivity index (χ1n) is 4.87. The molecule has 0 bridgehead atoms. The number of hydrogen-bond donors (Lipinski definition) is 0. The van der Waals surface area contributed by atoms with Crippen molar-refractivity contribution in [3.63, 3.8) is 0 Å². The highest BCUT2D eigenvalue weighted by Gasteiger charge is 1.97. The first-order chi connectivity index (χ1) is 5.31. The Labute approximate surface area is 85.3 Å². The van der Waals surface area contributed by atoms with Crippen molar-refractivity contribution < 1.29 is 0 Å². The number of hydrogen-bond acceptors (Lipinski definition) is 0. The van der Waals surface area contributed by atoms with Crippen LogP contribution in [0.25, 0.3) is 0 Å². The van der Waals surface area contributed by atoms with Gasteiger partial charge in [-0.3, -0.25) is 0 Å². The normalized spacial score (nSPS) is 13.4. The number of rotatable bonds is 7. The van der Waals surface area contributed by atoms with Gasteiger partial charge in [0.25, 0.3) is 0 Å². The summed E-state index contributed by atoms with van der Waals surface area (Å²) in [4.78, 5) is 0.